The van der Waals surface area contributed by atoms with E-state index in [1.807, 2.05) is 74.5 Å². The Bertz CT molecular complexity index is 902. The van der Waals surface area contributed by atoms with Crippen molar-refractivity contribution in [1.82, 2.24) is 4.90 Å². The van der Waals surface area contributed by atoms with Gasteiger partial charge >= 0.3 is 5.97 Å². The van der Waals surface area contributed by atoms with Crippen LogP contribution in [-0.2, 0) is 27.4 Å². The minimum atomic E-state index is -0.721. The number of hydrogen-bond acceptors (Lipinski definition) is 5. The quantitative estimate of drug-likeness (QED) is 0.544. The van der Waals surface area contributed by atoms with Crippen LogP contribution in [0, 0.1) is 5.92 Å². The lowest BCUT2D eigenvalue weighted by Gasteiger charge is -2.45. The predicted octanol–water partition coefficient (Wildman–Crippen LogP) is 3.40. The molecule has 2 fully saturated rings. The minimum Gasteiger partial charge on any atom is -0.459 e. The third-order valence-electron chi connectivity index (χ3n) is 5.92. The lowest BCUT2D eigenvalue weighted by atomic mass is 9.85. The normalized spacial score (nSPS) is 25.4. The van der Waals surface area contributed by atoms with E-state index in [0.717, 1.165) is 17.5 Å². The number of carbonyl (C=O) groups is 2. The molecule has 6 heteroatoms. The molecule has 1 amide bonds. The maximum atomic E-state index is 12.9. The van der Waals surface area contributed by atoms with Crippen molar-refractivity contribution in [2.45, 2.75) is 55.6 Å². The molecule has 2 aromatic rings. The maximum Gasteiger partial charge on any atom is 0.330 e. The van der Waals surface area contributed by atoms with Crippen LogP contribution in [0.4, 0.5) is 0 Å². The number of carbonyl (C=O) groups excluding carboxylic acids is 2. The lowest BCUT2D eigenvalue weighted by Crippen LogP contribution is -2.65. The summed E-state index contributed by atoms with van der Waals surface area (Å²) in [5.74, 6) is -1.00. The molecule has 1 N–H and O–H groups in total. The van der Waals surface area contributed by atoms with Crippen molar-refractivity contribution in [1.29, 1.82) is 0 Å². The largest absolute Gasteiger partial charge is 0.459 e. The Kier molecular flexibility index (Phi) is 5.89. The smallest absolute Gasteiger partial charge is 0.330 e. The molecule has 4 atom stereocenters. The van der Waals surface area contributed by atoms with Crippen molar-refractivity contribution in [2.24, 2.45) is 5.92 Å². The molecule has 4 rings (SSSR count). The van der Waals surface area contributed by atoms with Crippen LogP contribution in [0.2, 0.25) is 0 Å². The second-order valence-electron chi connectivity index (χ2n) is 8.47. The lowest BCUT2D eigenvalue weighted by molar-refractivity contribution is -0.172. The first-order chi connectivity index (χ1) is 14.4. The van der Waals surface area contributed by atoms with Crippen molar-refractivity contribution < 1.29 is 19.4 Å². The second kappa shape index (κ2) is 8.44. The van der Waals surface area contributed by atoms with E-state index in [9.17, 15) is 14.7 Å². The molecule has 2 aliphatic rings. The monoisotopic (exact) mass is 425 g/mol. The van der Waals surface area contributed by atoms with Gasteiger partial charge in [0.15, 0.2) is 0 Å². The van der Waals surface area contributed by atoms with Gasteiger partial charge in [0.2, 0.25) is 5.91 Å². The first-order valence-electron chi connectivity index (χ1n) is 10.3. The number of β-lactam (4-membered cyclic amide) rings is 1. The van der Waals surface area contributed by atoms with Crippen molar-refractivity contribution in [3.63, 3.8) is 0 Å². The molecule has 2 aromatic carbocycles. The molecule has 0 radical (unpaired) electrons. The van der Waals surface area contributed by atoms with Gasteiger partial charge in [-0.05, 0) is 37.8 Å². The SMILES string of the molecule is CC1(C)S[C@@H]2[C@H]([C@H](O)CCc3ccccc3)C(=O)N2[C@H]1C(=O)OCc1ccccc1. The number of aryl methyl sites for hydroxylation is 1. The summed E-state index contributed by atoms with van der Waals surface area (Å²) in [6.07, 6.45) is 0.519. The van der Waals surface area contributed by atoms with E-state index < -0.39 is 22.8 Å². The molecule has 2 saturated heterocycles. The Morgan fingerprint density at radius 3 is 2.33 bits per heavy atom. The number of fused-ring (bicyclic) bond motifs is 1. The van der Waals surface area contributed by atoms with Crippen LogP contribution in [-0.4, -0.2) is 44.1 Å². The Labute approximate surface area is 181 Å². The van der Waals surface area contributed by atoms with Crippen LogP contribution < -0.4 is 0 Å². The highest BCUT2D eigenvalue weighted by Gasteiger charge is 2.65. The average Bonchev–Trinajstić information content (AvgIpc) is 2.99. The van der Waals surface area contributed by atoms with Crippen LogP contribution in [0.5, 0.6) is 0 Å². The third-order valence-corrected chi connectivity index (χ3v) is 7.51. The number of benzene rings is 2. The Morgan fingerprint density at radius 1 is 1.10 bits per heavy atom. The van der Waals surface area contributed by atoms with Gasteiger partial charge in [0.1, 0.15) is 12.6 Å². The van der Waals surface area contributed by atoms with Gasteiger partial charge in [0.25, 0.3) is 0 Å². The first kappa shape index (κ1) is 20.9. The standard InChI is InChI=1S/C24H27NO4S/c1-24(2)20(23(28)29-15-17-11-7-4-8-12-17)25-21(27)19(22(25)30-24)18(26)14-13-16-9-5-3-6-10-16/h3-12,18-20,22,26H,13-15H2,1-2H3/t18-,19-,20+,22-/m1/s1. The molecular weight excluding hydrogens is 398 g/mol. The summed E-state index contributed by atoms with van der Waals surface area (Å²) in [6.45, 7) is 4.11. The summed E-state index contributed by atoms with van der Waals surface area (Å²) in [6, 6.07) is 18.8. The molecule has 2 aliphatic heterocycles. The van der Waals surface area contributed by atoms with Gasteiger partial charge < -0.3 is 14.7 Å². The fourth-order valence-corrected chi connectivity index (χ4v) is 6.07. The minimum absolute atomic E-state index is 0.153. The fourth-order valence-electron chi connectivity index (χ4n) is 4.32. The van der Waals surface area contributed by atoms with Gasteiger partial charge in [-0.15, -0.1) is 11.8 Å². The number of aliphatic hydroxyl groups is 1. The van der Waals surface area contributed by atoms with Crippen molar-refractivity contribution in [3.8, 4) is 0 Å². The topological polar surface area (TPSA) is 66.8 Å². The van der Waals surface area contributed by atoms with E-state index in [1.165, 1.54) is 0 Å². The number of esters is 1. The van der Waals surface area contributed by atoms with Crippen LogP contribution in [0.25, 0.3) is 0 Å². The molecule has 0 unspecified atom stereocenters. The zero-order chi connectivity index (χ0) is 21.3. The molecular formula is C24H27NO4S. The van der Waals surface area contributed by atoms with E-state index in [2.05, 4.69) is 0 Å². The molecule has 2 heterocycles. The molecule has 0 saturated carbocycles. The molecule has 0 bridgehead atoms. The van der Waals surface area contributed by atoms with Gasteiger partial charge in [0, 0.05) is 4.75 Å². The van der Waals surface area contributed by atoms with E-state index in [-0.39, 0.29) is 23.9 Å². The number of ether oxygens (including phenoxy) is 1. The van der Waals surface area contributed by atoms with Crippen molar-refractivity contribution >= 4 is 23.6 Å². The molecule has 30 heavy (non-hydrogen) atoms. The van der Waals surface area contributed by atoms with Crippen molar-refractivity contribution in [2.75, 3.05) is 0 Å². The van der Waals surface area contributed by atoms with Gasteiger partial charge in [-0.2, -0.15) is 0 Å². The highest BCUT2D eigenvalue weighted by molar-refractivity contribution is 8.01. The molecule has 0 aromatic heterocycles. The summed E-state index contributed by atoms with van der Waals surface area (Å²) in [7, 11) is 0. The van der Waals surface area contributed by atoms with Gasteiger partial charge in [-0.25, -0.2) is 4.79 Å². The van der Waals surface area contributed by atoms with Gasteiger partial charge in [-0.1, -0.05) is 60.7 Å². The maximum absolute atomic E-state index is 12.9. The number of aliphatic hydroxyl groups excluding tert-OH is 1. The van der Waals surface area contributed by atoms with Crippen LogP contribution in [0.1, 0.15) is 31.4 Å². The predicted molar refractivity (Wildman–Crippen MR) is 117 cm³/mol. The highest BCUT2D eigenvalue weighted by atomic mass is 32.2. The molecule has 5 nitrogen and oxygen atoms in total. The zero-order valence-electron chi connectivity index (χ0n) is 17.2. The van der Waals surface area contributed by atoms with Crippen molar-refractivity contribution in [3.05, 3.63) is 71.8 Å². The number of nitrogens with zero attached hydrogens (tertiary/aromatic N) is 1. The Morgan fingerprint density at radius 2 is 1.70 bits per heavy atom. The second-order valence-corrected chi connectivity index (χ2v) is 10.2. The van der Waals surface area contributed by atoms with E-state index in [4.69, 9.17) is 4.74 Å². The van der Waals surface area contributed by atoms with E-state index >= 15 is 0 Å². The molecule has 0 aliphatic carbocycles. The number of rotatable bonds is 7. The van der Waals surface area contributed by atoms with Crippen LogP contribution in [0.15, 0.2) is 60.7 Å². The summed E-state index contributed by atoms with van der Waals surface area (Å²) >= 11 is 1.58. The average molecular weight is 426 g/mol. The summed E-state index contributed by atoms with van der Waals surface area (Å²) in [5, 5.41) is 10.5. The summed E-state index contributed by atoms with van der Waals surface area (Å²) in [5.41, 5.74) is 2.05. The fraction of sp³-hybridized carbons (Fsp3) is 0.417. The summed E-state index contributed by atoms with van der Waals surface area (Å²) in [4.78, 5) is 27.4. The molecule has 0 spiro atoms. The van der Waals surface area contributed by atoms with E-state index in [0.29, 0.717) is 6.42 Å². The van der Waals surface area contributed by atoms with Gasteiger partial charge in [-0.3, -0.25) is 4.79 Å². The van der Waals surface area contributed by atoms with E-state index in [1.54, 1.807) is 16.7 Å². The van der Waals surface area contributed by atoms with Crippen LogP contribution >= 0.6 is 11.8 Å². The number of thioether (sulfide) groups is 1. The van der Waals surface area contributed by atoms with Crippen LogP contribution in [0.3, 0.4) is 0 Å². The number of hydrogen-bond donors (Lipinski definition) is 1. The first-order valence-corrected chi connectivity index (χ1v) is 11.2. The Hall–Kier alpha value is -2.31. The zero-order valence-corrected chi connectivity index (χ0v) is 18.0. The Balaban J connectivity index is 1.39. The summed E-state index contributed by atoms with van der Waals surface area (Å²) < 4.78 is 5.07. The third kappa shape index (κ3) is 3.98. The number of amides is 1. The van der Waals surface area contributed by atoms with Gasteiger partial charge in [0.05, 0.1) is 17.4 Å². The molecule has 158 valence electrons. The highest BCUT2D eigenvalue weighted by Crippen LogP contribution is 2.54.